The number of amides is 7. The van der Waals surface area contributed by atoms with Crippen LogP contribution in [-0.4, -0.2) is 249 Å². The number of thioether (sulfide) groups is 1. The van der Waals surface area contributed by atoms with Gasteiger partial charge in [-0.05, 0) is 41.6 Å². The normalized spacial score (nSPS) is 15.3. The molecule has 2 saturated heterocycles. The summed E-state index contributed by atoms with van der Waals surface area (Å²) in [6, 6.07) is 6.40. The van der Waals surface area contributed by atoms with Crippen molar-refractivity contribution in [1.29, 1.82) is 0 Å². The van der Waals surface area contributed by atoms with Crippen LogP contribution < -0.4 is 41.9 Å². The third-order valence-electron chi connectivity index (χ3n) is 11.8. The zero-order valence-electron chi connectivity index (χ0n) is 47.6. The number of hydrogen-bond donors (Lipinski definition) is 7. The van der Waals surface area contributed by atoms with Crippen molar-refractivity contribution in [2.24, 2.45) is 5.11 Å². The molecule has 83 heavy (non-hydrogen) atoms. The quantitative estimate of drug-likeness (QED) is 0.0122. The lowest BCUT2D eigenvalue weighted by molar-refractivity contribution is -0.670. The van der Waals surface area contributed by atoms with Crippen molar-refractivity contribution in [2.45, 2.75) is 55.9 Å². The van der Waals surface area contributed by atoms with Crippen molar-refractivity contribution in [3.63, 3.8) is 0 Å². The van der Waals surface area contributed by atoms with E-state index in [4.69, 9.17) is 66.9 Å². The highest BCUT2D eigenvalue weighted by Gasteiger charge is 2.42. The molecule has 2 aliphatic rings. The number of rotatable bonds is 54. The first-order valence-corrected chi connectivity index (χ1v) is 29.3. The number of aromatic nitrogens is 2. The van der Waals surface area contributed by atoms with E-state index in [0.29, 0.717) is 201 Å². The van der Waals surface area contributed by atoms with Crippen LogP contribution in [0.1, 0.15) is 48.9 Å². The number of azide groups is 1. The zero-order valence-corrected chi connectivity index (χ0v) is 48.4. The van der Waals surface area contributed by atoms with Crippen molar-refractivity contribution >= 4 is 47.4 Å². The molecule has 2 aromatic rings. The van der Waals surface area contributed by atoms with Gasteiger partial charge in [0.2, 0.25) is 22.8 Å². The fraction of sp³-hybridized carbons (Fsp3) is 0.750. The molecule has 31 heteroatoms. The van der Waals surface area contributed by atoms with Gasteiger partial charge in [-0.25, -0.2) is 9.59 Å². The van der Waals surface area contributed by atoms with Crippen LogP contribution in [0.5, 0.6) is 0 Å². The molecule has 3 atom stereocenters. The molecule has 2 fully saturated rings. The first-order valence-electron chi connectivity index (χ1n) is 28.3. The second-order valence-electron chi connectivity index (χ2n) is 18.2. The summed E-state index contributed by atoms with van der Waals surface area (Å²) in [6.45, 7) is 11.8. The summed E-state index contributed by atoms with van der Waals surface area (Å²) in [7, 11) is 0. The number of carbonyl (C=O) groups excluding carboxylic acids is 5. The largest absolute Gasteiger partial charge is 0.379 e. The van der Waals surface area contributed by atoms with E-state index in [1.54, 1.807) is 24.3 Å². The van der Waals surface area contributed by atoms with Crippen molar-refractivity contribution in [3.8, 4) is 5.69 Å². The summed E-state index contributed by atoms with van der Waals surface area (Å²) in [4.78, 5) is 62.9. The van der Waals surface area contributed by atoms with Crippen molar-refractivity contribution in [3.05, 3.63) is 46.5 Å². The monoisotopic (exact) mass is 1200 g/mol. The Balaban J connectivity index is 0.755. The number of urea groups is 2. The molecule has 2 aliphatic heterocycles. The van der Waals surface area contributed by atoms with Crippen LogP contribution in [0.25, 0.3) is 16.1 Å². The highest BCUT2D eigenvalue weighted by molar-refractivity contribution is 8.00. The van der Waals surface area contributed by atoms with Crippen LogP contribution in [0, 0.1) is 0 Å². The molecule has 1 aromatic carbocycles. The predicted octanol–water partition coefficient (Wildman–Crippen LogP) is 1.05. The molecule has 0 saturated carbocycles. The standard InChI is InChI=1S/C52H86N12O18S/c53-62-58-12-3-11-56-50(67)42-6-8-43(9-7-42)64-40-48(82-63-64)60-51(68)57-14-13-54-47(66)10-16-70-18-20-72-22-24-74-26-28-76-30-32-78-34-36-80-38-39-81-37-35-79-33-31-77-29-27-75-25-23-73-21-19-71-17-15-55-46(65)5-2-1-4-45-49-44(41-83-45)59-52(69)61-49/h6-9,40,44-45,49H,1-5,10-39,41H2,(H6-,54,55,56,57,59,60,61,63,65,66,67,68,69)/p+1/t44-,45-,49-/m0/s1. The number of ether oxygens (including phenoxy) is 12. The molecule has 0 unspecified atom stereocenters. The number of benzene rings is 1. The summed E-state index contributed by atoms with van der Waals surface area (Å²) in [5.74, 6) is 0.571. The summed E-state index contributed by atoms with van der Waals surface area (Å²) in [5, 5.41) is 27.2. The maximum absolute atomic E-state index is 12.3. The van der Waals surface area contributed by atoms with Crippen molar-refractivity contribution < 1.29 is 90.0 Å². The van der Waals surface area contributed by atoms with Crippen LogP contribution in [0.2, 0.25) is 0 Å². The molecular weight excluding hydrogens is 1110 g/mol. The molecule has 3 heterocycles. The smallest absolute Gasteiger partial charge is 0.321 e. The number of nitrogens with one attached hydrogen (secondary N) is 7. The molecule has 0 aliphatic carbocycles. The van der Waals surface area contributed by atoms with Gasteiger partial charge >= 0.3 is 17.9 Å². The number of carbonyl (C=O) groups is 5. The van der Waals surface area contributed by atoms with E-state index < -0.39 is 6.03 Å². The Morgan fingerprint density at radius 3 is 1.60 bits per heavy atom. The highest BCUT2D eigenvalue weighted by atomic mass is 32.2. The lowest BCUT2D eigenvalue weighted by Gasteiger charge is -2.16. The lowest BCUT2D eigenvalue weighted by atomic mass is 10.0. The lowest BCUT2D eigenvalue weighted by Crippen LogP contribution is -2.37. The molecule has 30 nitrogen and oxygen atoms in total. The Morgan fingerprint density at radius 2 is 1.07 bits per heavy atom. The number of fused-ring (bicyclic) bond motifs is 1. The summed E-state index contributed by atoms with van der Waals surface area (Å²) in [6.07, 6.45) is 5.43. The number of nitrogens with zero attached hydrogens (tertiary/aromatic N) is 5. The maximum atomic E-state index is 12.3. The molecule has 468 valence electrons. The maximum Gasteiger partial charge on any atom is 0.321 e. The molecule has 0 bridgehead atoms. The van der Waals surface area contributed by atoms with Crippen LogP contribution >= 0.6 is 11.8 Å². The van der Waals surface area contributed by atoms with E-state index in [-0.39, 0.29) is 67.8 Å². The molecule has 1 aromatic heterocycles. The molecule has 7 N–H and O–H groups in total. The van der Waals surface area contributed by atoms with E-state index in [0.717, 1.165) is 25.0 Å². The Bertz CT molecular complexity index is 2100. The Kier molecular flexibility index (Phi) is 40.3. The second-order valence-corrected chi connectivity index (χ2v) is 19.4. The molecule has 4 rings (SSSR count). The predicted molar refractivity (Wildman–Crippen MR) is 300 cm³/mol. The summed E-state index contributed by atoms with van der Waals surface area (Å²) in [5.41, 5.74) is 9.34. The fourth-order valence-electron chi connectivity index (χ4n) is 7.62. The van der Waals surface area contributed by atoms with Crippen LogP contribution in [0.15, 0.2) is 40.1 Å². The molecule has 7 amide bonds. The molecule has 0 spiro atoms. The van der Waals surface area contributed by atoms with Crippen molar-refractivity contribution in [2.75, 3.05) is 202 Å². The average molecular weight is 1200 g/mol. The first kappa shape index (κ1) is 70.0. The second kappa shape index (κ2) is 47.8. The van der Waals surface area contributed by atoms with Gasteiger partial charge in [0.25, 0.3) is 12.1 Å². The van der Waals surface area contributed by atoms with Crippen LogP contribution in [0.4, 0.5) is 15.5 Å². The van der Waals surface area contributed by atoms with Gasteiger partial charge in [-0.2, -0.15) is 11.8 Å². The number of anilines is 1. The van der Waals surface area contributed by atoms with E-state index in [9.17, 15) is 24.0 Å². The van der Waals surface area contributed by atoms with Gasteiger partial charge in [-0.3, -0.25) is 24.2 Å². The summed E-state index contributed by atoms with van der Waals surface area (Å²) >= 11 is 1.89. The minimum absolute atomic E-state index is 0.0316. The topological polar surface area (TPSA) is 359 Å². The minimum Gasteiger partial charge on any atom is -0.379 e. The van der Waals surface area contributed by atoms with Crippen molar-refractivity contribution in [1.82, 2.24) is 37.2 Å². The highest BCUT2D eigenvalue weighted by Crippen LogP contribution is 2.33. The average Bonchev–Trinajstić information content (AvgIpc) is 4.24. The third kappa shape index (κ3) is 35.4. The van der Waals surface area contributed by atoms with Crippen LogP contribution in [-0.2, 0) is 66.4 Å². The van der Waals surface area contributed by atoms with Gasteiger partial charge in [0, 0.05) is 79.2 Å². The zero-order chi connectivity index (χ0) is 58.9. The molecule has 0 radical (unpaired) electrons. The SMILES string of the molecule is [N-]=[N+]=NCCCNC(=O)c1ccc(-[n+]2cc(NC(=O)NCCNC(=O)CCOCCOCCOCCOCCOCCOCCOCCOCCOCCOCCOCCOCCNC(=O)CCCC[C@@H]3SC[C@@H]4NC(=O)N[C@@H]43)on2)cc1. The van der Waals surface area contributed by atoms with Gasteiger partial charge in [-0.1, -0.05) is 11.5 Å². The Hall–Kier alpha value is -5.51. The number of unbranched alkanes of at least 4 members (excludes halogenated alkanes) is 1. The van der Waals surface area contributed by atoms with E-state index in [1.165, 1.54) is 10.9 Å². The van der Waals surface area contributed by atoms with Gasteiger partial charge in [0.15, 0.2) is 0 Å². The van der Waals surface area contributed by atoms with Gasteiger partial charge < -0.3 is 88.7 Å². The first-order chi connectivity index (χ1) is 40.8. The number of hydrogen-bond acceptors (Lipinski definition) is 21. The van der Waals surface area contributed by atoms with Gasteiger partial charge in [0.1, 0.15) is 0 Å². The van der Waals surface area contributed by atoms with Crippen LogP contribution in [0.3, 0.4) is 0 Å². The van der Waals surface area contributed by atoms with Gasteiger partial charge in [-0.15, -0.1) is 0 Å². The third-order valence-corrected chi connectivity index (χ3v) is 13.3. The van der Waals surface area contributed by atoms with E-state index in [2.05, 4.69) is 52.5 Å². The Morgan fingerprint density at radius 1 is 0.590 bits per heavy atom. The fourth-order valence-corrected chi connectivity index (χ4v) is 9.16. The van der Waals surface area contributed by atoms with E-state index >= 15 is 0 Å². The van der Waals surface area contributed by atoms with E-state index in [1.807, 2.05) is 11.8 Å². The Labute approximate surface area is 488 Å². The van der Waals surface area contributed by atoms with Gasteiger partial charge in [0.05, 0.1) is 171 Å². The minimum atomic E-state index is -0.552. The summed E-state index contributed by atoms with van der Waals surface area (Å²) < 4.78 is 72.6. The molecular formula is C52H87N12O18S+.